The van der Waals surface area contributed by atoms with Gasteiger partial charge in [-0.3, -0.25) is 0 Å². The molecule has 2 rings (SSSR count). The Labute approximate surface area is 183 Å². The zero-order valence-electron chi connectivity index (χ0n) is 18.4. The van der Waals surface area contributed by atoms with Gasteiger partial charge in [0.2, 0.25) is 0 Å². The molecular formula is C22H33NO6S. The van der Waals surface area contributed by atoms with E-state index in [9.17, 15) is 9.59 Å². The number of nitrogens with one attached hydrogen (secondary N) is 1. The molecule has 1 heterocycles. The van der Waals surface area contributed by atoms with Crippen LogP contribution < -0.4 is 5.32 Å². The SMILES string of the molecule is CC(C)(C)OC(=O)N[C@@H](CSC[C@H]1CCOC(C)(C)O1)C(=O)OCc1ccccc1. The topological polar surface area (TPSA) is 83.1 Å². The Morgan fingerprint density at radius 3 is 2.60 bits per heavy atom. The molecule has 8 heteroatoms. The summed E-state index contributed by atoms with van der Waals surface area (Å²) in [5, 5.41) is 2.64. The molecule has 0 aromatic heterocycles. The van der Waals surface area contributed by atoms with Crippen LogP contribution in [0.5, 0.6) is 0 Å². The van der Waals surface area contributed by atoms with E-state index in [0.717, 1.165) is 12.0 Å². The maximum Gasteiger partial charge on any atom is 0.408 e. The standard InChI is InChI=1S/C22H33NO6S/c1-21(2,3)29-20(25)23-18(19(24)26-13-16-9-7-6-8-10-16)15-30-14-17-11-12-27-22(4,5)28-17/h6-10,17-18H,11-15H2,1-5H3,(H,23,25)/t17-,18+/m1/s1. The van der Waals surface area contributed by atoms with E-state index in [1.54, 1.807) is 20.8 Å². The Morgan fingerprint density at radius 2 is 1.97 bits per heavy atom. The molecule has 1 saturated heterocycles. The number of ether oxygens (including phenoxy) is 4. The second-order valence-electron chi connectivity index (χ2n) is 8.61. The van der Waals surface area contributed by atoms with Crippen molar-refractivity contribution in [3.63, 3.8) is 0 Å². The van der Waals surface area contributed by atoms with Crippen LogP contribution in [-0.4, -0.2) is 53.7 Å². The number of amides is 1. The van der Waals surface area contributed by atoms with Gasteiger partial charge in [-0.1, -0.05) is 30.3 Å². The number of hydrogen-bond acceptors (Lipinski definition) is 7. The van der Waals surface area contributed by atoms with Gasteiger partial charge in [-0.25, -0.2) is 9.59 Å². The Morgan fingerprint density at radius 1 is 1.27 bits per heavy atom. The van der Waals surface area contributed by atoms with Crippen LogP contribution in [0.1, 0.15) is 46.6 Å². The molecule has 0 aliphatic carbocycles. The van der Waals surface area contributed by atoms with Crippen LogP contribution in [0.4, 0.5) is 4.79 Å². The van der Waals surface area contributed by atoms with Gasteiger partial charge < -0.3 is 24.3 Å². The maximum atomic E-state index is 12.6. The number of carbonyl (C=O) groups excluding carboxylic acids is 2. The van der Waals surface area contributed by atoms with Crippen molar-refractivity contribution in [3.8, 4) is 0 Å². The van der Waals surface area contributed by atoms with Crippen molar-refractivity contribution in [1.82, 2.24) is 5.32 Å². The molecule has 0 bridgehead atoms. The van der Waals surface area contributed by atoms with Crippen molar-refractivity contribution in [1.29, 1.82) is 0 Å². The molecule has 1 aromatic rings. The number of rotatable bonds is 8. The zero-order chi connectivity index (χ0) is 22.2. The Bertz CT molecular complexity index is 689. The lowest BCUT2D eigenvalue weighted by Crippen LogP contribution is -2.46. The van der Waals surface area contributed by atoms with Gasteiger partial charge in [0.15, 0.2) is 5.79 Å². The highest BCUT2D eigenvalue weighted by molar-refractivity contribution is 7.99. The van der Waals surface area contributed by atoms with Crippen molar-refractivity contribution in [2.45, 2.75) is 71.2 Å². The highest BCUT2D eigenvalue weighted by atomic mass is 32.2. The van der Waals surface area contributed by atoms with Gasteiger partial charge in [-0.2, -0.15) is 11.8 Å². The van der Waals surface area contributed by atoms with E-state index in [2.05, 4.69) is 5.32 Å². The predicted octanol–water partition coefficient (Wildman–Crippen LogP) is 3.90. The highest BCUT2D eigenvalue weighted by Crippen LogP contribution is 2.24. The van der Waals surface area contributed by atoms with Crippen molar-refractivity contribution in [3.05, 3.63) is 35.9 Å². The van der Waals surface area contributed by atoms with E-state index in [4.69, 9.17) is 18.9 Å². The Kier molecular flexibility index (Phi) is 9.00. The van der Waals surface area contributed by atoms with Crippen molar-refractivity contribution >= 4 is 23.8 Å². The smallest absolute Gasteiger partial charge is 0.408 e. The van der Waals surface area contributed by atoms with Gasteiger partial charge >= 0.3 is 12.1 Å². The minimum atomic E-state index is -0.818. The highest BCUT2D eigenvalue weighted by Gasteiger charge is 2.30. The van der Waals surface area contributed by atoms with Crippen molar-refractivity contribution < 1.29 is 28.5 Å². The second-order valence-corrected chi connectivity index (χ2v) is 9.68. The molecule has 0 unspecified atom stereocenters. The van der Waals surface area contributed by atoms with Crippen LogP contribution in [0.15, 0.2) is 30.3 Å². The van der Waals surface area contributed by atoms with Gasteiger partial charge in [0.1, 0.15) is 18.2 Å². The maximum absolute atomic E-state index is 12.6. The summed E-state index contributed by atoms with van der Waals surface area (Å²) >= 11 is 1.53. The zero-order valence-corrected chi connectivity index (χ0v) is 19.3. The lowest BCUT2D eigenvalue weighted by molar-refractivity contribution is -0.267. The fourth-order valence-corrected chi connectivity index (χ4v) is 3.90. The summed E-state index contributed by atoms with van der Waals surface area (Å²) in [6.45, 7) is 9.87. The summed E-state index contributed by atoms with van der Waals surface area (Å²) in [4.78, 5) is 24.9. The van der Waals surface area contributed by atoms with E-state index in [-0.39, 0.29) is 12.7 Å². The van der Waals surface area contributed by atoms with Gasteiger partial charge in [0, 0.05) is 11.5 Å². The minimum Gasteiger partial charge on any atom is -0.459 e. The fraction of sp³-hybridized carbons (Fsp3) is 0.636. The lowest BCUT2D eigenvalue weighted by atomic mass is 10.2. The molecule has 0 saturated carbocycles. The third kappa shape index (κ3) is 9.36. The molecule has 1 fully saturated rings. The largest absolute Gasteiger partial charge is 0.459 e. The number of carbonyl (C=O) groups is 2. The Hall–Kier alpha value is -1.77. The number of hydrogen-bond donors (Lipinski definition) is 1. The first-order valence-corrected chi connectivity index (χ1v) is 11.3. The van der Waals surface area contributed by atoms with Crippen LogP contribution in [-0.2, 0) is 30.3 Å². The Balaban J connectivity index is 1.90. The molecule has 0 spiro atoms. The molecule has 7 nitrogen and oxygen atoms in total. The molecule has 30 heavy (non-hydrogen) atoms. The summed E-state index contributed by atoms with van der Waals surface area (Å²) in [6, 6.07) is 8.59. The van der Waals surface area contributed by atoms with Crippen LogP contribution in [0, 0.1) is 0 Å². The summed E-state index contributed by atoms with van der Waals surface area (Å²) in [5.41, 5.74) is 0.226. The number of thioether (sulfide) groups is 1. The molecule has 168 valence electrons. The molecule has 2 atom stereocenters. The molecule has 1 N–H and O–H groups in total. The van der Waals surface area contributed by atoms with E-state index in [1.807, 2.05) is 44.2 Å². The lowest BCUT2D eigenvalue weighted by Gasteiger charge is -2.36. The van der Waals surface area contributed by atoms with Gasteiger partial charge in [0.05, 0.1) is 12.7 Å². The number of alkyl carbamates (subject to hydrolysis) is 1. The first-order chi connectivity index (χ1) is 14.0. The number of benzene rings is 1. The first kappa shape index (κ1) is 24.5. The summed E-state index contributed by atoms with van der Waals surface area (Å²) in [5.74, 6) is -0.0589. The third-order valence-electron chi connectivity index (χ3n) is 4.13. The van der Waals surface area contributed by atoms with Crippen LogP contribution in [0.25, 0.3) is 0 Å². The van der Waals surface area contributed by atoms with Crippen LogP contribution in [0.3, 0.4) is 0 Å². The molecule has 1 aromatic carbocycles. The summed E-state index contributed by atoms with van der Waals surface area (Å²) in [6.07, 6.45) is 0.174. The molecule has 0 radical (unpaired) electrons. The number of esters is 1. The molecule has 1 amide bonds. The molecule has 1 aliphatic heterocycles. The van der Waals surface area contributed by atoms with E-state index >= 15 is 0 Å². The van der Waals surface area contributed by atoms with Crippen molar-refractivity contribution in [2.24, 2.45) is 0 Å². The van der Waals surface area contributed by atoms with Gasteiger partial charge in [0.25, 0.3) is 0 Å². The summed E-state index contributed by atoms with van der Waals surface area (Å²) in [7, 11) is 0. The monoisotopic (exact) mass is 439 g/mol. The quantitative estimate of drug-likeness (QED) is 0.615. The third-order valence-corrected chi connectivity index (χ3v) is 5.30. The van der Waals surface area contributed by atoms with Crippen LogP contribution >= 0.6 is 11.8 Å². The fourth-order valence-electron chi connectivity index (χ4n) is 2.81. The summed E-state index contributed by atoms with van der Waals surface area (Å²) < 4.78 is 22.2. The van der Waals surface area contributed by atoms with Gasteiger partial charge in [-0.05, 0) is 46.6 Å². The predicted molar refractivity (Wildman–Crippen MR) is 116 cm³/mol. The minimum absolute atomic E-state index is 0.0289. The first-order valence-electron chi connectivity index (χ1n) is 10.1. The van der Waals surface area contributed by atoms with E-state index in [0.29, 0.717) is 18.1 Å². The average Bonchev–Trinajstić information content (AvgIpc) is 2.64. The van der Waals surface area contributed by atoms with Gasteiger partial charge in [-0.15, -0.1) is 0 Å². The molecular weight excluding hydrogens is 406 g/mol. The average molecular weight is 440 g/mol. The molecule has 1 aliphatic rings. The second kappa shape index (κ2) is 11.0. The normalized spacial score (nSPS) is 19.6. The van der Waals surface area contributed by atoms with Crippen LogP contribution in [0.2, 0.25) is 0 Å². The van der Waals surface area contributed by atoms with E-state index < -0.39 is 29.5 Å². The van der Waals surface area contributed by atoms with Crippen molar-refractivity contribution in [2.75, 3.05) is 18.1 Å². The van der Waals surface area contributed by atoms with E-state index in [1.165, 1.54) is 11.8 Å².